The van der Waals surface area contributed by atoms with Crippen LogP contribution in [0.4, 0.5) is 0 Å². The number of thioether (sulfide) groups is 1. The van der Waals surface area contributed by atoms with Crippen LogP contribution in [-0.4, -0.2) is 17.3 Å². The van der Waals surface area contributed by atoms with E-state index in [-0.39, 0.29) is 17.3 Å². The van der Waals surface area contributed by atoms with Gasteiger partial charge >= 0.3 is 0 Å². The standard InChI is InChI=1S/C14H18ClNO2S/c1-10(19-13-8-6-11(15)7-9-13)14(17)16-18-12-4-2-3-5-12/h6-10,12H,2-5H2,1H3,(H,16,17). The zero-order valence-corrected chi connectivity index (χ0v) is 12.5. The lowest BCUT2D eigenvalue weighted by Gasteiger charge is -2.15. The van der Waals surface area contributed by atoms with Crippen molar-refractivity contribution in [2.45, 2.75) is 48.9 Å². The van der Waals surface area contributed by atoms with E-state index in [1.54, 1.807) is 0 Å². The topological polar surface area (TPSA) is 38.3 Å². The van der Waals surface area contributed by atoms with Gasteiger partial charge in [0.25, 0.3) is 5.91 Å². The summed E-state index contributed by atoms with van der Waals surface area (Å²) in [6.45, 7) is 1.87. The Bertz CT molecular complexity index is 418. The Kier molecular flexibility index (Phi) is 5.55. The molecule has 1 amide bonds. The second-order valence-electron chi connectivity index (χ2n) is 4.70. The molecule has 2 rings (SSSR count). The number of hydrogen-bond acceptors (Lipinski definition) is 3. The van der Waals surface area contributed by atoms with Crippen LogP contribution in [0, 0.1) is 0 Å². The van der Waals surface area contributed by atoms with Crippen LogP contribution in [0.15, 0.2) is 29.2 Å². The van der Waals surface area contributed by atoms with Crippen molar-refractivity contribution in [2.75, 3.05) is 0 Å². The summed E-state index contributed by atoms with van der Waals surface area (Å²) in [5.74, 6) is -0.0909. The van der Waals surface area contributed by atoms with Gasteiger partial charge in [-0.15, -0.1) is 11.8 Å². The molecule has 1 N–H and O–H groups in total. The highest BCUT2D eigenvalue weighted by atomic mass is 35.5. The van der Waals surface area contributed by atoms with Crippen molar-refractivity contribution in [3.05, 3.63) is 29.3 Å². The van der Waals surface area contributed by atoms with Gasteiger partial charge in [0, 0.05) is 9.92 Å². The van der Waals surface area contributed by atoms with E-state index in [1.165, 1.54) is 24.6 Å². The zero-order valence-electron chi connectivity index (χ0n) is 10.9. The van der Waals surface area contributed by atoms with E-state index in [0.717, 1.165) is 17.7 Å². The third kappa shape index (κ3) is 4.71. The molecule has 1 aromatic rings. The molecule has 1 atom stereocenters. The summed E-state index contributed by atoms with van der Waals surface area (Å²) in [4.78, 5) is 18.3. The highest BCUT2D eigenvalue weighted by Gasteiger charge is 2.19. The van der Waals surface area contributed by atoms with Gasteiger partial charge in [-0.3, -0.25) is 9.63 Å². The predicted molar refractivity (Wildman–Crippen MR) is 78.3 cm³/mol. The maximum absolute atomic E-state index is 11.9. The summed E-state index contributed by atoms with van der Waals surface area (Å²) in [6.07, 6.45) is 4.65. The molecule has 0 aromatic heterocycles. The number of rotatable bonds is 5. The van der Waals surface area contributed by atoms with Crippen LogP contribution >= 0.6 is 23.4 Å². The average molecular weight is 300 g/mol. The van der Waals surface area contributed by atoms with E-state index >= 15 is 0 Å². The van der Waals surface area contributed by atoms with E-state index < -0.39 is 0 Å². The van der Waals surface area contributed by atoms with Crippen LogP contribution in [0.25, 0.3) is 0 Å². The highest BCUT2D eigenvalue weighted by molar-refractivity contribution is 8.00. The maximum Gasteiger partial charge on any atom is 0.256 e. The summed E-state index contributed by atoms with van der Waals surface area (Å²) in [5.41, 5.74) is 2.57. The molecular weight excluding hydrogens is 282 g/mol. The third-order valence-corrected chi connectivity index (χ3v) is 4.49. The van der Waals surface area contributed by atoms with Crippen molar-refractivity contribution in [1.29, 1.82) is 0 Å². The van der Waals surface area contributed by atoms with Crippen LogP contribution in [0.5, 0.6) is 0 Å². The molecule has 0 aliphatic heterocycles. The molecule has 1 fully saturated rings. The normalized spacial score (nSPS) is 17.4. The van der Waals surface area contributed by atoms with Gasteiger partial charge in [-0.1, -0.05) is 24.4 Å². The minimum absolute atomic E-state index is 0.0909. The van der Waals surface area contributed by atoms with E-state index in [4.69, 9.17) is 16.4 Å². The highest BCUT2D eigenvalue weighted by Crippen LogP contribution is 2.25. The first-order chi connectivity index (χ1) is 9.15. The van der Waals surface area contributed by atoms with Gasteiger partial charge in [0.05, 0.1) is 11.4 Å². The minimum atomic E-state index is -0.192. The number of amides is 1. The fourth-order valence-corrected chi connectivity index (χ4v) is 2.98. The quantitative estimate of drug-likeness (QED) is 0.664. The lowest BCUT2D eigenvalue weighted by atomic mass is 10.3. The van der Waals surface area contributed by atoms with Gasteiger partial charge < -0.3 is 0 Å². The molecule has 1 aliphatic rings. The van der Waals surface area contributed by atoms with Crippen LogP contribution in [0.3, 0.4) is 0 Å². The van der Waals surface area contributed by atoms with Crippen molar-refractivity contribution in [2.24, 2.45) is 0 Å². The summed E-state index contributed by atoms with van der Waals surface area (Å²) in [6, 6.07) is 7.47. The second kappa shape index (κ2) is 7.17. The monoisotopic (exact) mass is 299 g/mol. The number of carbonyl (C=O) groups is 1. The Hall–Kier alpha value is -0.710. The lowest BCUT2D eigenvalue weighted by molar-refractivity contribution is -0.137. The maximum atomic E-state index is 11.9. The molecular formula is C14H18ClNO2S. The minimum Gasteiger partial charge on any atom is -0.272 e. The first-order valence-corrected chi connectivity index (χ1v) is 7.78. The molecule has 1 aromatic carbocycles. The third-order valence-electron chi connectivity index (χ3n) is 3.12. The zero-order chi connectivity index (χ0) is 13.7. The first kappa shape index (κ1) is 14.7. The Labute approximate surface area is 123 Å². The Morgan fingerprint density at radius 3 is 2.63 bits per heavy atom. The van der Waals surface area contributed by atoms with Crippen LogP contribution in [0.2, 0.25) is 5.02 Å². The molecule has 1 saturated carbocycles. The number of halogens is 1. The number of benzene rings is 1. The van der Waals surface area contributed by atoms with Crippen LogP contribution in [0.1, 0.15) is 32.6 Å². The van der Waals surface area contributed by atoms with Gasteiger partial charge in [0.2, 0.25) is 0 Å². The number of nitrogens with one attached hydrogen (secondary N) is 1. The lowest BCUT2D eigenvalue weighted by Crippen LogP contribution is -2.33. The smallest absolute Gasteiger partial charge is 0.256 e. The van der Waals surface area contributed by atoms with E-state index in [9.17, 15) is 4.79 Å². The Morgan fingerprint density at radius 2 is 2.00 bits per heavy atom. The molecule has 5 heteroatoms. The van der Waals surface area contributed by atoms with Gasteiger partial charge in [-0.2, -0.15) is 0 Å². The van der Waals surface area contributed by atoms with Gasteiger partial charge in [0.1, 0.15) is 0 Å². The molecule has 0 radical (unpaired) electrons. The van der Waals surface area contributed by atoms with Gasteiger partial charge in [-0.05, 0) is 44.0 Å². The SMILES string of the molecule is CC(Sc1ccc(Cl)cc1)C(=O)NOC1CCCC1. The Morgan fingerprint density at radius 1 is 1.37 bits per heavy atom. The van der Waals surface area contributed by atoms with Gasteiger partial charge in [0.15, 0.2) is 0 Å². The summed E-state index contributed by atoms with van der Waals surface area (Å²) in [7, 11) is 0. The van der Waals surface area contributed by atoms with Crippen LogP contribution < -0.4 is 5.48 Å². The number of hydroxylamine groups is 1. The molecule has 1 aliphatic carbocycles. The molecule has 0 heterocycles. The molecule has 3 nitrogen and oxygen atoms in total. The summed E-state index contributed by atoms with van der Waals surface area (Å²) >= 11 is 7.32. The first-order valence-electron chi connectivity index (χ1n) is 6.53. The van der Waals surface area contributed by atoms with Crippen molar-refractivity contribution >= 4 is 29.3 Å². The predicted octanol–water partition coefficient (Wildman–Crippen LogP) is 3.81. The Balaban J connectivity index is 1.76. The van der Waals surface area contributed by atoms with Crippen molar-refractivity contribution < 1.29 is 9.63 Å². The van der Waals surface area contributed by atoms with Gasteiger partial charge in [-0.25, -0.2) is 5.48 Å². The molecule has 19 heavy (non-hydrogen) atoms. The number of carbonyl (C=O) groups excluding carboxylic acids is 1. The molecule has 1 unspecified atom stereocenters. The van der Waals surface area contributed by atoms with Crippen molar-refractivity contribution in [3.63, 3.8) is 0 Å². The van der Waals surface area contributed by atoms with Crippen molar-refractivity contribution in [1.82, 2.24) is 5.48 Å². The number of hydrogen-bond donors (Lipinski definition) is 1. The fraction of sp³-hybridized carbons (Fsp3) is 0.500. The molecule has 0 spiro atoms. The molecule has 0 bridgehead atoms. The largest absolute Gasteiger partial charge is 0.272 e. The fourth-order valence-electron chi connectivity index (χ4n) is 2.00. The summed E-state index contributed by atoms with van der Waals surface area (Å²) < 4.78 is 0. The van der Waals surface area contributed by atoms with E-state index in [2.05, 4.69) is 5.48 Å². The average Bonchev–Trinajstić information content (AvgIpc) is 2.91. The second-order valence-corrected chi connectivity index (χ2v) is 6.56. The van der Waals surface area contributed by atoms with Crippen molar-refractivity contribution in [3.8, 4) is 0 Å². The van der Waals surface area contributed by atoms with E-state index in [1.807, 2.05) is 31.2 Å². The van der Waals surface area contributed by atoms with Crippen LogP contribution in [-0.2, 0) is 9.63 Å². The molecule has 0 saturated heterocycles. The molecule has 104 valence electrons. The van der Waals surface area contributed by atoms with E-state index in [0.29, 0.717) is 5.02 Å². The summed E-state index contributed by atoms with van der Waals surface area (Å²) in [5, 5.41) is 0.508.